The number of thioether (sulfide) groups is 1. The van der Waals surface area contributed by atoms with Crippen LogP contribution in [0.25, 0.3) is 0 Å². The van der Waals surface area contributed by atoms with Crippen molar-refractivity contribution in [2.45, 2.75) is 11.0 Å². The van der Waals surface area contributed by atoms with Crippen LogP contribution in [0, 0.1) is 0 Å². The molecule has 15 heavy (non-hydrogen) atoms. The van der Waals surface area contributed by atoms with Crippen molar-refractivity contribution in [2.24, 2.45) is 0 Å². The second-order valence-corrected chi connectivity index (χ2v) is 4.83. The van der Waals surface area contributed by atoms with E-state index in [9.17, 15) is 0 Å². The van der Waals surface area contributed by atoms with Crippen LogP contribution in [-0.4, -0.2) is 28.7 Å². The normalized spacial score (nSPS) is 12.8. The third kappa shape index (κ3) is 3.74. The molecule has 1 unspecified atom stereocenters. The van der Waals surface area contributed by atoms with E-state index < -0.39 is 6.10 Å². The first-order valence-corrected chi connectivity index (χ1v) is 5.95. The van der Waals surface area contributed by atoms with Crippen molar-refractivity contribution in [3.63, 3.8) is 0 Å². The molecular formula is C9H11Cl2NO2S. The average molecular weight is 268 g/mol. The maximum Gasteiger partial charge on any atom is 0.0864 e. The number of hydrogen-bond acceptors (Lipinski definition) is 4. The molecule has 0 saturated carbocycles. The van der Waals surface area contributed by atoms with E-state index in [0.717, 1.165) is 4.90 Å². The Bertz CT molecular complexity index is 349. The summed E-state index contributed by atoms with van der Waals surface area (Å²) in [6, 6.07) is 3.21. The van der Waals surface area contributed by atoms with Crippen LogP contribution in [0.15, 0.2) is 17.0 Å². The van der Waals surface area contributed by atoms with Gasteiger partial charge < -0.3 is 15.9 Å². The van der Waals surface area contributed by atoms with Gasteiger partial charge >= 0.3 is 0 Å². The summed E-state index contributed by atoms with van der Waals surface area (Å²) in [6.07, 6.45) is -0.760. The largest absolute Gasteiger partial charge is 0.398 e. The minimum atomic E-state index is -0.760. The van der Waals surface area contributed by atoms with Crippen molar-refractivity contribution in [3.8, 4) is 0 Å². The van der Waals surface area contributed by atoms with Crippen LogP contribution in [0.4, 0.5) is 5.69 Å². The van der Waals surface area contributed by atoms with Crippen LogP contribution < -0.4 is 5.73 Å². The fourth-order valence-corrected chi connectivity index (χ4v) is 2.21. The molecule has 0 heterocycles. The van der Waals surface area contributed by atoms with E-state index in [1.165, 1.54) is 11.8 Å². The summed E-state index contributed by atoms with van der Waals surface area (Å²) in [5, 5.41) is 18.6. The van der Waals surface area contributed by atoms with Crippen molar-refractivity contribution >= 4 is 40.7 Å². The molecule has 0 saturated heterocycles. The van der Waals surface area contributed by atoms with Crippen LogP contribution in [0.2, 0.25) is 10.0 Å². The van der Waals surface area contributed by atoms with E-state index in [1.54, 1.807) is 12.1 Å². The van der Waals surface area contributed by atoms with Gasteiger partial charge in [-0.25, -0.2) is 0 Å². The highest BCUT2D eigenvalue weighted by molar-refractivity contribution is 7.99. The quantitative estimate of drug-likeness (QED) is 0.577. The number of benzene rings is 1. The fourth-order valence-electron chi connectivity index (χ4n) is 0.908. The van der Waals surface area contributed by atoms with Gasteiger partial charge in [0.2, 0.25) is 0 Å². The zero-order valence-corrected chi connectivity index (χ0v) is 10.1. The lowest BCUT2D eigenvalue weighted by molar-refractivity contribution is 0.113. The molecule has 0 spiro atoms. The van der Waals surface area contributed by atoms with Crippen LogP contribution in [0.3, 0.4) is 0 Å². The van der Waals surface area contributed by atoms with Gasteiger partial charge in [0.25, 0.3) is 0 Å². The molecule has 0 aliphatic rings. The lowest BCUT2D eigenvalue weighted by Crippen LogP contribution is -2.14. The van der Waals surface area contributed by atoms with Gasteiger partial charge in [-0.15, -0.1) is 11.8 Å². The third-order valence-electron chi connectivity index (χ3n) is 1.69. The molecule has 1 atom stereocenters. The van der Waals surface area contributed by atoms with Gasteiger partial charge in [-0.1, -0.05) is 23.2 Å². The number of halogens is 2. The van der Waals surface area contributed by atoms with Crippen molar-refractivity contribution in [3.05, 3.63) is 22.2 Å². The zero-order valence-electron chi connectivity index (χ0n) is 7.78. The van der Waals surface area contributed by atoms with Gasteiger partial charge in [0, 0.05) is 16.3 Å². The first kappa shape index (κ1) is 12.9. The molecule has 1 aromatic rings. The third-order valence-corrected chi connectivity index (χ3v) is 3.63. The summed E-state index contributed by atoms with van der Waals surface area (Å²) in [4.78, 5) is 0.747. The Morgan fingerprint density at radius 3 is 2.53 bits per heavy atom. The predicted molar refractivity (Wildman–Crippen MR) is 64.7 cm³/mol. The van der Waals surface area contributed by atoms with Gasteiger partial charge in [-0.2, -0.15) is 0 Å². The van der Waals surface area contributed by atoms with E-state index in [-0.39, 0.29) is 6.61 Å². The number of anilines is 1. The van der Waals surface area contributed by atoms with E-state index in [0.29, 0.717) is 21.5 Å². The highest BCUT2D eigenvalue weighted by atomic mass is 35.5. The minimum Gasteiger partial charge on any atom is -0.398 e. The van der Waals surface area contributed by atoms with Crippen molar-refractivity contribution in [2.75, 3.05) is 18.1 Å². The van der Waals surface area contributed by atoms with E-state index >= 15 is 0 Å². The van der Waals surface area contributed by atoms with E-state index in [4.69, 9.17) is 39.1 Å². The van der Waals surface area contributed by atoms with Crippen LogP contribution in [0.5, 0.6) is 0 Å². The molecule has 0 bridgehead atoms. The summed E-state index contributed by atoms with van der Waals surface area (Å²) >= 11 is 12.9. The number of aliphatic hydroxyl groups excluding tert-OH is 2. The first-order chi connectivity index (χ1) is 7.04. The molecule has 0 aliphatic heterocycles. The molecular weight excluding hydrogens is 257 g/mol. The second kappa shape index (κ2) is 5.82. The Kier molecular flexibility index (Phi) is 5.02. The van der Waals surface area contributed by atoms with Gasteiger partial charge in [0.05, 0.1) is 22.8 Å². The average Bonchev–Trinajstić information content (AvgIpc) is 2.21. The smallest absolute Gasteiger partial charge is 0.0864 e. The second-order valence-electron chi connectivity index (χ2n) is 2.95. The number of nitrogens with two attached hydrogens (primary N) is 1. The molecule has 4 N–H and O–H groups in total. The molecule has 0 aliphatic carbocycles. The van der Waals surface area contributed by atoms with Gasteiger partial charge in [0.15, 0.2) is 0 Å². The monoisotopic (exact) mass is 267 g/mol. The maximum absolute atomic E-state index is 9.16. The van der Waals surface area contributed by atoms with Gasteiger partial charge in [0.1, 0.15) is 0 Å². The SMILES string of the molecule is Nc1cc(Cl)c(Cl)cc1SCC(O)CO. The summed E-state index contributed by atoms with van der Waals surface area (Å²) in [6.45, 7) is -0.270. The minimum absolute atomic E-state index is 0.270. The molecule has 0 amide bonds. The van der Waals surface area contributed by atoms with Gasteiger partial charge in [-0.05, 0) is 12.1 Å². The lowest BCUT2D eigenvalue weighted by atomic mass is 10.3. The zero-order chi connectivity index (χ0) is 11.4. The van der Waals surface area contributed by atoms with Gasteiger partial charge in [-0.3, -0.25) is 0 Å². The number of rotatable bonds is 4. The summed E-state index contributed by atoms with van der Waals surface area (Å²) in [5.41, 5.74) is 6.22. The Morgan fingerprint density at radius 1 is 1.33 bits per heavy atom. The number of nitrogen functional groups attached to an aromatic ring is 1. The molecule has 1 rings (SSSR count). The Hall–Kier alpha value is -0.130. The molecule has 0 aromatic heterocycles. The topological polar surface area (TPSA) is 66.5 Å². The number of hydrogen-bond donors (Lipinski definition) is 3. The Balaban J connectivity index is 2.73. The summed E-state index contributed by atoms with van der Waals surface area (Å²) in [7, 11) is 0. The van der Waals surface area contributed by atoms with Crippen molar-refractivity contribution in [1.82, 2.24) is 0 Å². The van der Waals surface area contributed by atoms with E-state index in [1.807, 2.05) is 0 Å². The fraction of sp³-hybridized carbons (Fsp3) is 0.333. The highest BCUT2D eigenvalue weighted by Crippen LogP contribution is 2.33. The predicted octanol–water partition coefficient (Wildman–Crippen LogP) is 2.02. The Labute approximate surface area is 102 Å². The summed E-state index contributed by atoms with van der Waals surface area (Å²) in [5.74, 6) is 0.360. The molecule has 1 aromatic carbocycles. The van der Waals surface area contributed by atoms with Crippen LogP contribution in [0.1, 0.15) is 0 Å². The maximum atomic E-state index is 9.16. The molecule has 3 nitrogen and oxygen atoms in total. The van der Waals surface area contributed by atoms with Crippen LogP contribution in [-0.2, 0) is 0 Å². The van der Waals surface area contributed by atoms with E-state index in [2.05, 4.69) is 0 Å². The highest BCUT2D eigenvalue weighted by Gasteiger charge is 2.08. The van der Waals surface area contributed by atoms with Crippen LogP contribution >= 0.6 is 35.0 Å². The Morgan fingerprint density at radius 2 is 1.93 bits per heavy atom. The molecule has 6 heteroatoms. The summed E-state index contributed by atoms with van der Waals surface area (Å²) < 4.78 is 0. The lowest BCUT2D eigenvalue weighted by Gasteiger charge is -2.09. The number of aliphatic hydroxyl groups is 2. The molecule has 0 radical (unpaired) electrons. The molecule has 84 valence electrons. The standard InChI is InChI=1S/C9H11Cl2NO2S/c10-6-1-8(12)9(2-7(6)11)15-4-5(14)3-13/h1-2,5,13-14H,3-4,12H2. The molecule has 0 fully saturated rings. The van der Waals surface area contributed by atoms with Crippen molar-refractivity contribution in [1.29, 1.82) is 0 Å². The van der Waals surface area contributed by atoms with Crippen molar-refractivity contribution < 1.29 is 10.2 Å². The first-order valence-electron chi connectivity index (χ1n) is 4.21.